The first kappa shape index (κ1) is 24.9. The van der Waals surface area contributed by atoms with Gasteiger partial charge in [0.25, 0.3) is 0 Å². The molecule has 1 atom stereocenters. The molecule has 9 nitrogen and oxygen atoms in total. The van der Waals surface area contributed by atoms with E-state index in [1.807, 2.05) is 17.0 Å². The number of aliphatic hydroxyl groups excluding tert-OH is 1. The van der Waals surface area contributed by atoms with Crippen LogP contribution in [-0.2, 0) is 4.74 Å². The third-order valence-corrected chi connectivity index (χ3v) is 8.23. The van der Waals surface area contributed by atoms with Gasteiger partial charge in [-0.1, -0.05) is 0 Å². The minimum absolute atomic E-state index is 0.0520. The number of piperidine rings is 1. The molecular weight excluding hydrogens is 480 g/mol. The molecule has 2 amide bonds. The van der Waals surface area contributed by atoms with Crippen molar-refractivity contribution in [3.8, 4) is 0 Å². The fourth-order valence-corrected chi connectivity index (χ4v) is 6.07. The number of carbonyl (C=O) groups excluding carboxylic acids is 1. The maximum absolute atomic E-state index is 13.0. The lowest BCUT2D eigenvalue weighted by Gasteiger charge is -2.32. The maximum atomic E-state index is 13.0. The summed E-state index contributed by atoms with van der Waals surface area (Å²) in [4.78, 5) is 28.7. The molecule has 38 heavy (non-hydrogen) atoms. The van der Waals surface area contributed by atoms with Crippen LogP contribution in [0.15, 0.2) is 48.8 Å². The number of ether oxygens (including phenoxy) is 1. The van der Waals surface area contributed by atoms with Crippen LogP contribution >= 0.6 is 0 Å². The number of nitrogens with one attached hydrogen (secondary N) is 1. The third-order valence-electron chi connectivity index (χ3n) is 8.23. The average Bonchev–Trinajstić information content (AvgIpc) is 3.47. The van der Waals surface area contributed by atoms with Crippen LogP contribution in [0.3, 0.4) is 0 Å². The highest BCUT2D eigenvalue weighted by Gasteiger charge is 2.27. The second-order valence-electron chi connectivity index (χ2n) is 10.5. The highest BCUT2D eigenvalue weighted by Crippen LogP contribution is 2.34. The number of fused-ring (bicyclic) bond motifs is 1. The molecule has 3 aromatic rings. The monoisotopic (exact) mass is 516 g/mol. The zero-order valence-electron chi connectivity index (χ0n) is 21.8. The number of hydrogen-bond donors (Lipinski definition) is 2. The number of likely N-dealkylation sites (tertiary alicyclic amines) is 1. The first-order valence-corrected chi connectivity index (χ1v) is 13.8. The molecule has 200 valence electrons. The van der Waals surface area contributed by atoms with Crippen molar-refractivity contribution in [1.29, 1.82) is 0 Å². The van der Waals surface area contributed by atoms with Crippen molar-refractivity contribution in [1.82, 2.24) is 14.9 Å². The molecule has 2 aromatic carbocycles. The summed E-state index contributed by atoms with van der Waals surface area (Å²) in [5, 5.41) is 13.9. The number of aliphatic hydroxyl groups is 1. The Morgan fingerprint density at radius 2 is 1.71 bits per heavy atom. The van der Waals surface area contributed by atoms with E-state index >= 15 is 0 Å². The first-order chi connectivity index (χ1) is 18.7. The van der Waals surface area contributed by atoms with Crippen molar-refractivity contribution in [2.75, 3.05) is 67.7 Å². The van der Waals surface area contributed by atoms with E-state index in [9.17, 15) is 9.90 Å². The Kier molecular flexibility index (Phi) is 7.29. The molecule has 0 unspecified atom stereocenters. The topological polar surface area (TPSA) is 94.1 Å². The average molecular weight is 517 g/mol. The summed E-state index contributed by atoms with van der Waals surface area (Å²) in [6.45, 7) is 5.83. The third kappa shape index (κ3) is 5.13. The van der Waals surface area contributed by atoms with Crippen LogP contribution < -0.4 is 15.1 Å². The van der Waals surface area contributed by atoms with Crippen molar-refractivity contribution < 1.29 is 14.6 Å². The zero-order valence-corrected chi connectivity index (χ0v) is 21.8. The summed E-state index contributed by atoms with van der Waals surface area (Å²) in [6.07, 6.45) is 5.53. The second-order valence-corrected chi connectivity index (χ2v) is 10.5. The Bertz CT molecular complexity index is 1250. The number of morpholine rings is 1. The van der Waals surface area contributed by atoms with Gasteiger partial charge in [0.2, 0.25) is 0 Å². The van der Waals surface area contributed by atoms with E-state index in [1.165, 1.54) is 0 Å². The number of nitrogens with zero attached hydrogens (tertiary/aromatic N) is 5. The smallest absolute Gasteiger partial charge is 0.321 e. The van der Waals surface area contributed by atoms with Gasteiger partial charge >= 0.3 is 6.03 Å². The Hall–Kier alpha value is -3.43. The van der Waals surface area contributed by atoms with Crippen LogP contribution in [-0.4, -0.2) is 84.6 Å². The molecule has 3 aliphatic heterocycles. The van der Waals surface area contributed by atoms with Crippen molar-refractivity contribution in [3.63, 3.8) is 0 Å². The summed E-state index contributed by atoms with van der Waals surface area (Å²) in [5.41, 5.74) is 5.10. The molecule has 4 heterocycles. The summed E-state index contributed by atoms with van der Waals surface area (Å²) < 4.78 is 5.43. The number of anilines is 3. The molecule has 0 spiro atoms. The van der Waals surface area contributed by atoms with Crippen LogP contribution in [0.4, 0.5) is 21.9 Å². The first-order valence-electron chi connectivity index (χ1n) is 13.8. The lowest BCUT2D eigenvalue weighted by atomic mass is 9.91. The van der Waals surface area contributed by atoms with Crippen LogP contribution in [0.25, 0.3) is 10.9 Å². The van der Waals surface area contributed by atoms with Gasteiger partial charge in [0.15, 0.2) is 0 Å². The Morgan fingerprint density at radius 1 is 0.947 bits per heavy atom. The quantitative estimate of drug-likeness (QED) is 0.532. The number of rotatable bonds is 5. The molecule has 0 radical (unpaired) electrons. The minimum Gasteiger partial charge on any atom is -0.394 e. The Labute approximate surface area is 223 Å². The Morgan fingerprint density at radius 3 is 2.47 bits per heavy atom. The molecule has 0 bridgehead atoms. The van der Waals surface area contributed by atoms with E-state index in [4.69, 9.17) is 4.74 Å². The molecule has 3 fully saturated rings. The molecule has 3 saturated heterocycles. The molecule has 0 saturated carbocycles. The minimum atomic E-state index is -0.0520. The fraction of sp³-hybridized carbons (Fsp3) is 0.483. The number of hydrogen-bond acceptors (Lipinski definition) is 7. The van der Waals surface area contributed by atoms with Gasteiger partial charge in [0, 0.05) is 61.1 Å². The molecule has 2 N–H and O–H groups in total. The summed E-state index contributed by atoms with van der Waals surface area (Å²) in [7, 11) is 0. The van der Waals surface area contributed by atoms with E-state index < -0.39 is 0 Å². The maximum Gasteiger partial charge on any atom is 0.321 e. The lowest BCUT2D eigenvalue weighted by Crippen LogP contribution is -2.40. The summed E-state index contributed by atoms with van der Waals surface area (Å²) in [6, 6.07) is 14.6. The molecule has 9 heteroatoms. The predicted octanol–water partition coefficient (Wildman–Crippen LogP) is 3.84. The number of carbonyl (C=O) groups is 1. The van der Waals surface area contributed by atoms with Gasteiger partial charge in [-0.15, -0.1) is 0 Å². The van der Waals surface area contributed by atoms with Gasteiger partial charge in [0.05, 0.1) is 37.1 Å². The molecule has 1 aromatic heterocycles. The van der Waals surface area contributed by atoms with Crippen LogP contribution in [0.2, 0.25) is 0 Å². The Balaban J connectivity index is 1.07. The second kappa shape index (κ2) is 11.1. The number of benzene rings is 2. The fourth-order valence-electron chi connectivity index (χ4n) is 6.07. The van der Waals surface area contributed by atoms with Crippen molar-refractivity contribution in [3.05, 3.63) is 54.5 Å². The number of amides is 2. The summed E-state index contributed by atoms with van der Waals surface area (Å²) in [5.74, 6) is 0.292. The van der Waals surface area contributed by atoms with Gasteiger partial charge in [-0.25, -0.2) is 14.8 Å². The largest absolute Gasteiger partial charge is 0.394 e. The van der Waals surface area contributed by atoms with E-state index in [0.29, 0.717) is 19.0 Å². The lowest BCUT2D eigenvalue weighted by molar-refractivity contribution is 0.122. The normalized spacial score (nSPS) is 20.8. The van der Waals surface area contributed by atoms with Crippen molar-refractivity contribution in [2.24, 2.45) is 0 Å². The standard InChI is InChI=1S/C29H36N6O3/c36-19-25-2-1-11-35(25)24-7-8-26-27(18-24)30-20-31-28(26)21-9-12-34(13-10-21)29(37)32-22-3-5-23(6-4-22)33-14-16-38-17-15-33/h3-8,18,20-21,25,36H,1-2,9-17,19H2,(H,32,37)/t25-/m0/s1. The highest BCUT2D eigenvalue weighted by atomic mass is 16.5. The van der Waals surface area contributed by atoms with E-state index in [2.05, 4.69) is 55.4 Å². The van der Waals surface area contributed by atoms with Crippen LogP contribution in [0.5, 0.6) is 0 Å². The summed E-state index contributed by atoms with van der Waals surface area (Å²) >= 11 is 0. The zero-order chi connectivity index (χ0) is 25.9. The van der Waals surface area contributed by atoms with Gasteiger partial charge in [0.1, 0.15) is 6.33 Å². The van der Waals surface area contributed by atoms with Gasteiger partial charge in [-0.05, 0) is 68.1 Å². The van der Waals surface area contributed by atoms with Gasteiger partial charge in [-0.2, -0.15) is 0 Å². The molecule has 3 aliphatic rings. The molecular formula is C29H36N6O3. The van der Waals surface area contributed by atoms with Crippen molar-refractivity contribution >= 4 is 34.0 Å². The highest BCUT2D eigenvalue weighted by molar-refractivity contribution is 5.90. The van der Waals surface area contributed by atoms with Crippen LogP contribution in [0.1, 0.15) is 37.3 Å². The van der Waals surface area contributed by atoms with E-state index in [0.717, 1.165) is 92.2 Å². The van der Waals surface area contributed by atoms with Gasteiger partial charge < -0.3 is 29.9 Å². The predicted molar refractivity (Wildman–Crippen MR) is 149 cm³/mol. The molecule has 0 aliphatic carbocycles. The SMILES string of the molecule is O=C(Nc1ccc(N2CCOCC2)cc1)N1CCC(c2ncnc3cc(N4CCC[C@H]4CO)ccc23)CC1. The van der Waals surface area contributed by atoms with Gasteiger partial charge in [-0.3, -0.25) is 0 Å². The number of aromatic nitrogens is 2. The van der Waals surface area contributed by atoms with Crippen molar-refractivity contribution in [2.45, 2.75) is 37.6 Å². The van der Waals surface area contributed by atoms with Crippen LogP contribution in [0, 0.1) is 0 Å². The van der Waals surface area contributed by atoms with E-state index in [-0.39, 0.29) is 18.7 Å². The number of urea groups is 1. The molecule has 6 rings (SSSR count). The van der Waals surface area contributed by atoms with E-state index in [1.54, 1.807) is 6.33 Å².